The summed E-state index contributed by atoms with van der Waals surface area (Å²) in [6.45, 7) is 2.78. The molecule has 0 bridgehead atoms. The first-order chi connectivity index (χ1) is 7.96. The fourth-order valence-corrected chi connectivity index (χ4v) is 3.29. The summed E-state index contributed by atoms with van der Waals surface area (Å²) in [7, 11) is -1.53. The van der Waals surface area contributed by atoms with Crippen LogP contribution in [0.4, 0.5) is 5.82 Å². The van der Waals surface area contributed by atoms with Gasteiger partial charge in [-0.2, -0.15) is 5.10 Å². The van der Waals surface area contributed by atoms with Crippen molar-refractivity contribution in [3.05, 3.63) is 11.8 Å². The predicted octanol–water partition coefficient (Wildman–Crippen LogP) is 0.222. The molecule has 2 heterocycles. The van der Waals surface area contributed by atoms with Crippen LogP contribution in [-0.2, 0) is 17.1 Å². The molecule has 1 fully saturated rings. The van der Waals surface area contributed by atoms with Gasteiger partial charge in [0.25, 0.3) is 0 Å². The third-order valence-electron chi connectivity index (χ3n) is 2.96. The summed E-state index contributed by atoms with van der Waals surface area (Å²) in [4.78, 5) is 0. The third-order valence-corrected chi connectivity index (χ3v) is 4.32. The van der Waals surface area contributed by atoms with E-state index >= 15 is 0 Å². The van der Waals surface area contributed by atoms with Crippen LogP contribution in [-0.4, -0.2) is 36.5 Å². The van der Waals surface area contributed by atoms with Gasteiger partial charge < -0.3 is 5.32 Å². The van der Waals surface area contributed by atoms with E-state index in [-0.39, 0.29) is 11.8 Å². The number of sulfonamides is 1. The Morgan fingerprint density at radius 3 is 2.94 bits per heavy atom. The van der Waals surface area contributed by atoms with Crippen LogP contribution in [0.15, 0.2) is 6.07 Å². The Labute approximate surface area is 101 Å². The standard InChI is InChI=1S/C10H18N4O2S/c1-8-6-10(12-14(8)2)13-17(15,16)7-9-4-3-5-11-9/h6,9,11H,3-5,7H2,1-2H3,(H,12,13). The zero-order chi connectivity index (χ0) is 12.5. The summed E-state index contributed by atoms with van der Waals surface area (Å²) in [6.07, 6.45) is 1.96. The highest BCUT2D eigenvalue weighted by Crippen LogP contribution is 2.12. The molecule has 1 aliphatic rings. The Morgan fingerprint density at radius 2 is 2.41 bits per heavy atom. The van der Waals surface area contributed by atoms with Gasteiger partial charge in [0.1, 0.15) is 0 Å². The topological polar surface area (TPSA) is 76.0 Å². The van der Waals surface area contributed by atoms with E-state index in [9.17, 15) is 8.42 Å². The molecule has 96 valence electrons. The average Bonchev–Trinajstić information content (AvgIpc) is 2.77. The number of nitrogens with zero attached hydrogens (tertiary/aromatic N) is 2. The van der Waals surface area contributed by atoms with Crippen LogP contribution < -0.4 is 10.0 Å². The van der Waals surface area contributed by atoms with E-state index in [1.165, 1.54) is 0 Å². The van der Waals surface area contributed by atoms with E-state index < -0.39 is 10.0 Å². The molecule has 2 N–H and O–H groups in total. The third kappa shape index (κ3) is 3.19. The van der Waals surface area contributed by atoms with E-state index in [1.807, 2.05) is 6.92 Å². The zero-order valence-electron chi connectivity index (χ0n) is 10.1. The number of aryl methyl sites for hydroxylation is 2. The fourth-order valence-electron chi connectivity index (χ4n) is 1.98. The van der Waals surface area contributed by atoms with Crippen LogP contribution in [0.25, 0.3) is 0 Å². The first-order valence-electron chi connectivity index (χ1n) is 5.71. The molecule has 0 amide bonds. The van der Waals surface area contributed by atoms with Crippen molar-refractivity contribution in [1.29, 1.82) is 0 Å². The molecular weight excluding hydrogens is 240 g/mol. The summed E-state index contributed by atoms with van der Waals surface area (Å²) in [5, 5.41) is 7.25. The van der Waals surface area contributed by atoms with Crippen molar-refractivity contribution in [2.45, 2.75) is 25.8 Å². The van der Waals surface area contributed by atoms with Gasteiger partial charge >= 0.3 is 0 Å². The molecule has 1 saturated heterocycles. The molecule has 17 heavy (non-hydrogen) atoms. The SMILES string of the molecule is Cc1cc(NS(=O)(=O)CC2CCCN2)nn1C. The van der Waals surface area contributed by atoms with Crippen molar-refractivity contribution >= 4 is 15.8 Å². The van der Waals surface area contributed by atoms with E-state index in [1.54, 1.807) is 17.8 Å². The molecule has 0 spiro atoms. The lowest BCUT2D eigenvalue weighted by molar-refractivity contribution is 0.581. The Kier molecular flexibility index (Phi) is 3.39. The van der Waals surface area contributed by atoms with Gasteiger partial charge in [-0.1, -0.05) is 0 Å². The maximum Gasteiger partial charge on any atom is 0.235 e. The smallest absolute Gasteiger partial charge is 0.235 e. The molecule has 1 aromatic heterocycles. The zero-order valence-corrected chi connectivity index (χ0v) is 10.9. The lowest BCUT2D eigenvalue weighted by atomic mass is 10.3. The molecule has 1 atom stereocenters. The van der Waals surface area contributed by atoms with Crippen LogP contribution in [0.2, 0.25) is 0 Å². The molecule has 1 aliphatic heterocycles. The molecule has 0 aliphatic carbocycles. The number of nitrogens with one attached hydrogen (secondary N) is 2. The van der Waals surface area contributed by atoms with Gasteiger partial charge in [-0.15, -0.1) is 0 Å². The lowest BCUT2D eigenvalue weighted by Gasteiger charge is -2.10. The van der Waals surface area contributed by atoms with Gasteiger partial charge in [0.05, 0.1) is 5.75 Å². The first-order valence-corrected chi connectivity index (χ1v) is 7.36. The summed E-state index contributed by atoms with van der Waals surface area (Å²) in [5.74, 6) is 0.505. The number of hydrogen-bond donors (Lipinski definition) is 2. The highest BCUT2D eigenvalue weighted by atomic mass is 32.2. The minimum atomic E-state index is -3.31. The maximum atomic E-state index is 11.9. The Bertz CT molecular complexity index is 469. The van der Waals surface area contributed by atoms with Crippen LogP contribution >= 0.6 is 0 Å². The highest BCUT2D eigenvalue weighted by Gasteiger charge is 2.22. The Hall–Kier alpha value is -1.08. The monoisotopic (exact) mass is 258 g/mol. The van der Waals surface area contributed by atoms with Gasteiger partial charge in [-0.25, -0.2) is 8.42 Å². The molecule has 2 rings (SSSR count). The van der Waals surface area contributed by atoms with Crippen molar-refractivity contribution in [2.24, 2.45) is 7.05 Å². The van der Waals surface area contributed by atoms with Gasteiger partial charge in [0.2, 0.25) is 10.0 Å². The van der Waals surface area contributed by atoms with Gasteiger partial charge in [-0.05, 0) is 26.3 Å². The lowest BCUT2D eigenvalue weighted by Crippen LogP contribution is -2.32. The van der Waals surface area contributed by atoms with Crippen LogP contribution in [0.3, 0.4) is 0 Å². The summed E-state index contributed by atoms with van der Waals surface area (Å²) >= 11 is 0. The second-order valence-corrected chi connectivity index (χ2v) is 6.24. The van der Waals surface area contributed by atoms with Gasteiger partial charge in [0.15, 0.2) is 5.82 Å². The number of aromatic nitrogens is 2. The molecule has 1 aromatic rings. The maximum absolute atomic E-state index is 11.9. The van der Waals surface area contributed by atoms with Crippen molar-refractivity contribution in [2.75, 3.05) is 17.0 Å². The van der Waals surface area contributed by atoms with Crippen LogP contribution in [0, 0.1) is 6.92 Å². The second kappa shape index (κ2) is 4.66. The van der Waals surface area contributed by atoms with Gasteiger partial charge in [0, 0.05) is 24.8 Å². The van der Waals surface area contributed by atoms with Crippen LogP contribution in [0.5, 0.6) is 0 Å². The fraction of sp³-hybridized carbons (Fsp3) is 0.700. The molecule has 0 aromatic carbocycles. The summed E-state index contributed by atoms with van der Waals surface area (Å²) in [6, 6.07) is 1.79. The van der Waals surface area contributed by atoms with E-state index in [0.29, 0.717) is 5.82 Å². The molecule has 0 saturated carbocycles. The van der Waals surface area contributed by atoms with Gasteiger partial charge in [-0.3, -0.25) is 9.40 Å². The number of hydrogen-bond acceptors (Lipinski definition) is 4. The first kappa shape index (κ1) is 12.4. The van der Waals surface area contributed by atoms with Crippen molar-refractivity contribution in [3.63, 3.8) is 0 Å². The quantitative estimate of drug-likeness (QED) is 0.810. The Morgan fingerprint density at radius 1 is 1.65 bits per heavy atom. The molecular formula is C10H18N4O2S. The predicted molar refractivity (Wildman–Crippen MR) is 66.4 cm³/mol. The van der Waals surface area contributed by atoms with E-state index in [4.69, 9.17) is 0 Å². The normalized spacial score (nSPS) is 20.7. The second-order valence-electron chi connectivity index (χ2n) is 4.47. The molecule has 0 radical (unpaired) electrons. The molecule has 1 unspecified atom stereocenters. The number of anilines is 1. The van der Waals surface area contributed by atoms with Crippen LogP contribution in [0.1, 0.15) is 18.5 Å². The Balaban J connectivity index is 2.01. The van der Waals surface area contributed by atoms with E-state index in [0.717, 1.165) is 25.1 Å². The van der Waals surface area contributed by atoms with Crippen molar-refractivity contribution in [3.8, 4) is 0 Å². The minimum absolute atomic E-state index is 0.0670. The summed E-state index contributed by atoms with van der Waals surface area (Å²) in [5.41, 5.74) is 0.918. The molecule has 6 nitrogen and oxygen atoms in total. The number of rotatable bonds is 4. The molecule has 7 heteroatoms. The minimum Gasteiger partial charge on any atom is -0.313 e. The van der Waals surface area contributed by atoms with Crippen molar-refractivity contribution < 1.29 is 8.42 Å². The summed E-state index contributed by atoms with van der Waals surface area (Å²) < 4.78 is 27.9. The largest absolute Gasteiger partial charge is 0.313 e. The van der Waals surface area contributed by atoms with Crippen molar-refractivity contribution in [1.82, 2.24) is 15.1 Å². The average molecular weight is 258 g/mol. The van der Waals surface area contributed by atoms with E-state index in [2.05, 4.69) is 15.1 Å². The highest BCUT2D eigenvalue weighted by molar-refractivity contribution is 7.92.